The highest BCUT2D eigenvalue weighted by Crippen LogP contribution is 2.43. The van der Waals surface area contributed by atoms with Crippen molar-refractivity contribution in [2.24, 2.45) is 5.41 Å². The molecule has 2 aromatic carbocycles. The first-order valence-corrected chi connectivity index (χ1v) is 13.9. The van der Waals surface area contributed by atoms with Crippen LogP contribution in [0.25, 0.3) is 11.1 Å². The summed E-state index contributed by atoms with van der Waals surface area (Å²) in [5.41, 5.74) is 3.90. The standard InChI is InChI=1S/C28H35FNO4P/c1-19(35(6,31)32)12-20-8-7-9-23(14-20)34-18-21-10-11-24(22(13-21)16-28(2,3)4)25-15-27(33-5)30-17-26(25)29/h7-11,13-15,17,19H,12,16,18H2,1-6H3,(H,31,32)/t19-/m1/s1. The molecule has 0 bridgehead atoms. The minimum atomic E-state index is -3.14. The van der Waals surface area contributed by atoms with Crippen LogP contribution in [0, 0.1) is 11.2 Å². The highest BCUT2D eigenvalue weighted by molar-refractivity contribution is 7.57. The van der Waals surface area contributed by atoms with Crippen molar-refractivity contribution in [2.75, 3.05) is 13.8 Å². The summed E-state index contributed by atoms with van der Waals surface area (Å²) in [7, 11) is -1.63. The van der Waals surface area contributed by atoms with Crippen LogP contribution in [0.4, 0.5) is 4.39 Å². The summed E-state index contributed by atoms with van der Waals surface area (Å²) in [4.78, 5) is 13.8. The number of pyridine rings is 1. The number of ether oxygens (including phenoxy) is 2. The largest absolute Gasteiger partial charge is 0.489 e. The average Bonchev–Trinajstić information content (AvgIpc) is 2.77. The molecule has 0 aliphatic carbocycles. The van der Waals surface area contributed by atoms with Gasteiger partial charge in [0.05, 0.1) is 13.3 Å². The Labute approximate surface area is 207 Å². The number of rotatable bonds is 9. The van der Waals surface area contributed by atoms with E-state index >= 15 is 0 Å². The summed E-state index contributed by atoms with van der Waals surface area (Å²) in [6, 6.07) is 15.2. The number of methoxy groups -OCH3 is 1. The van der Waals surface area contributed by atoms with Gasteiger partial charge in [-0.05, 0) is 52.6 Å². The molecule has 1 heterocycles. The Morgan fingerprint density at radius 1 is 1.09 bits per heavy atom. The van der Waals surface area contributed by atoms with E-state index in [0.717, 1.165) is 28.7 Å². The Balaban J connectivity index is 1.85. The first kappa shape index (κ1) is 26.9. The van der Waals surface area contributed by atoms with Crippen LogP contribution in [0.1, 0.15) is 44.4 Å². The predicted octanol–water partition coefficient (Wildman–Crippen LogP) is 6.90. The van der Waals surface area contributed by atoms with E-state index in [1.807, 2.05) is 36.4 Å². The van der Waals surface area contributed by atoms with Crippen LogP contribution in [0.3, 0.4) is 0 Å². The van der Waals surface area contributed by atoms with E-state index in [-0.39, 0.29) is 11.1 Å². The second-order valence-corrected chi connectivity index (χ2v) is 13.1. The van der Waals surface area contributed by atoms with Crippen molar-refractivity contribution < 1.29 is 23.3 Å². The molecule has 0 aliphatic rings. The van der Waals surface area contributed by atoms with E-state index < -0.39 is 13.2 Å². The Bertz CT molecular complexity index is 1220. The van der Waals surface area contributed by atoms with Crippen LogP contribution in [0.5, 0.6) is 11.6 Å². The Morgan fingerprint density at radius 3 is 2.49 bits per heavy atom. The lowest BCUT2D eigenvalue weighted by Gasteiger charge is -2.22. The van der Waals surface area contributed by atoms with Crippen LogP contribution in [-0.2, 0) is 24.0 Å². The number of nitrogens with zero attached hydrogens (tertiary/aromatic N) is 1. The number of halogens is 1. The molecule has 0 amide bonds. The average molecular weight is 500 g/mol. The van der Waals surface area contributed by atoms with Crippen LogP contribution in [0.2, 0.25) is 0 Å². The molecule has 7 heteroatoms. The van der Waals surface area contributed by atoms with Gasteiger partial charge in [-0.2, -0.15) is 0 Å². The molecule has 0 spiro atoms. The van der Waals surface area contributed by atoms with Crippen molar-refractivity contribution in [1.29, 1.82) is 0 Å². The maximum atomic E-state index is 14.7. The molecular weight excluding hydrogens is 464 g/mol. The minimum absolute atomic E-state index is 0.00172. The summed E-state index contributed by atoms with van der Waals surface area (Å²) >= 11 is 0. The lowest BCUT2D eigenvalue weighted by molar-refractivity contribution is 0.305. The molecule has 35 heavy (non-hydrogen) atoms. The Morgan fingerprint density at radius 2 is 1.83 bits per heavy atom. The Hall–Kier alpha value is -2.69. The molecule has 3 aromatic rings. The van der Waals surface area contributed by atoms with Gasteiger partial charge in [-0.15, -0.1) is 0 Å². The van der Waals surface area contributed by atoms with E-state index in [4.69, 9.17) is 9.47 Å². The second-order valence-electron chi connectivity index (χ2n) is 10.4. The van der Waals surface area contributed by atoms with Crippen LogP contribution in [-0.4, -0.2) is 29.3 Å². The van der Waals surface area contributed by atoms with Crippen molar-refractivity contribution >= 4 is 7.37 Å². The van der Waals surface area contributed by atoms with Crippen molar-refractivity contribution in [3.63, 3.8) is 0 Å². The van der Waals surface area contributed by atoms with Gasteiger partial charge in [-0.25, -0.2) is 9.37 Å². The first-order valence-electron chi connectivity index (χ1n) is 11.7. The summed E-state index contributed by atoms with van der Waals surface area (Å²) in [6.45, 7) is 9.98. The highest BCUT2D eigenvalue weighted by Gasteiger charge is 2.21. The summed E-state index contributed by atoms with van der Waals surface area (Å²) in [5.74, 6) is 0.672. The maximum Gasteiger partial charge on any atom is 0.213 e. The fraction of sp³-hybridized carbons (Fsp3) is 0.393. The number of benzene rings is 2. The van der Waals surface area contributed by atoms with Crippen molar-refractivity contribution in [2.45, 2.75) is 52.8 Å². The predicted molar refractivity (Wildman–Crippen MR) is 139 cm³/mol. The van der Waals surface area contributed by atoms with Crippen LogP contribution < -0.4 is 9.47 Å². The molecule has 1 unspecified atom stereocenters. The monoisotopic (exact) mass is 499 g/mol. The molecule has 1 aromatic heterocycles. The molecule has 2 atom stereocenters. The zero-order valence-corrected chi connectivity index (χ0v) is 22.2. The van der Waals surface area contributed by atoms with Gasteiger partial charge in [0.2, 0.25) is 13.2 Å². The zero-order chi connectivity index (χ0) is 25.8. The topological polar surface area (TPSA) is 68.7 Å². The zero-order valence-electron chi connectivity index (χ0n) is 21.3. The van der Waals surface area contributed by atoms with E-state index in [2.05, 4.69) is 31.8 Å². The maximum absolute atomic E-state index is 14.7. The van der Waals surface area contributed by atoms with Gasteiger partial charge >= 0.3 is 0 Å². The quantitative estimate of drug-likeness (QED) is 0.325. The highest BCUT2D eigenvalue weighted by atomic mass is 31.2. The van der Waals surface area contributed by atoms with E-state index in [9.17, 15) is 13.8 Å². The van der Waals surface area contributed by atoms with Gasteiger partial charge in [-0.1, -0.05) is 58.0 Å². The molecule has 1 N–H and O–H groups in total. The summed E-state index contributed by atoms with van der Waals surface area (Å²) in [6.07, 6.45) is 2.45. The van der Waals surface area contributed by atoms with Crippen molar-refractivity contribution in [3.05, 3.63) is 77.2 Å². The molecule has 188 valence electrons. The van der Waals surface area contributed by atoms with Crippen molar-refractivity contribution in [1.82, 2.24) is 4.98 Å². The normalized spacial score (nSPS) is 14.3. The molecule has 0 aliphatic heterocycles. The molecule has 5 nitrogen and oxygen atoms in total. The third-order valence-electron chi connectivity index (χ3n) is 5.87. The van der Waals surface area contributed by atoms with Gasteiger partial charge < -0.3 is 14.4 Å². The van der Waals surface area contributed by atoms with Crippen molar-refractivity contribution in [3.8, 4) is 22.8 Å². The number of hydrogen-bond acceptors (Lipinski definition) is 4. The van der Waals surface area contributed by atoms with Gasteiger partial charge in [0.25, 0.3) is 0 Å². The van der Waals surface area contributed by atoms with Gasteiger partial charge in [-0.3, -0.25) is 4.57 Å². The van der Waals surface area contributed by atoms with E-state index in [1.54, 1.807) is 13.0 Å². The lowest BCUT2D eigenvalue weighted by atomic mass is 9.84. The van der Waals surface area contributed by atoms with Gasteiger partial charge in [0.1, 0.15) is 18.2 Å². The lowest BCUT2D eigenvalue weighted by Crippen LogP contribution is -2.11. The van der Waals surface area contributed by atoms with E-state index in [0.29, 0.717) is 30.2 Å². The fourth-order valence-electron chi connectivity index (χ4n) is 3.89. The smallest absolute Gasteiger partial charge is 0.213 e. The van der Waals surface area contributed by atoms with Gasteiger partial charge in [0.15, 0.2) is 0 Å². The molecule has 0 fully saturated rings. The fourth-order valence-corrected chi connectivity index (χ4v) is 4.44. The van der Waals surface area contributed by atoms with Gasteiger partial charge in [0, 0.05) is 24.0 Å². The summed E-state index contributed by atoms with van der Waals surface area (Å²) < 4.78 is 37.9. The summed E-state index contributed by atoms with van der Waals surface area (Å²) in [5, 5.41) is 0. The Kier molecular flexibility index (Phi) is 8.40. The van der Waals surface area contributed by atoms with Crippen LogP contribution in [0.15, 0.2) is 54.7 Å². The number of aromatic nitrogens is 1. The minimum Gasteiger partial charge on any atom is -0.489 e. The third kappa shape index (κ3) is 7.65. The van der Waals surface area contributed by atoms with E-state index in [1.165, 1.54) is 20.0 Å². The third-order valence-corrected chi connectivity index (χ3v) is 7.69. The second kappa shape index (κ2) is 10.9. The molecule has 0 saturated carbocycles. The molecular formula is C28H35FNO4P. The number of hydrogen-bond donors (Lipinski definition) is 1. The molecule has 0 saturated heterocycles. The van der Waals surface area contributed by atoms with Crippen LogP contribution >= 0.6 is 7.37 Å². The SMILES string of the molecule is COc1cc(-c2ccc(COc3cccc(C[C@@H](C)P(C)(=O)O)c3)cc2CC(C)(C)C)c(F)cn1. The molecule has 0 radical (unpaired) electrons. The molecule has 3 rings (SSSR count). The first-order chi connectivity index (χ1) is 16.4.